The molecule has 37 heavy (non-hydrogen) atoms. The molecule has 192 valence electrons. The van der Waals surface area contributed by atoms with Crippen LogP contribution in [-0.2, 0) is 0 Å². The van der Waals surface area contributed by atoms with Gasteiger partial charge >= 0.3 is 11.9 Å². The number of nitrogens with zero attached hydrogens (tertiary/aromatic N) is 1. The van der Waals surface area contributed by atoms with Crippen molar-refractivity contribution in [2.75, 3.05) is 6.61 Å². The molecular formula is C30H30BrNO5. The molecule has 3 rings (SSSR count). The van der Waals surface area contributed by atoms with Crippen LogP contribution in [0, 0.1) is 11.3 Å². The van der Waals surface area contributed by atoms with E-state index in [-0.39, 0.29) is 0 Å². The van der Waals surface area contributed by atoms with Crippen molar-refractivity contribution in [2.24, 2.45) is 0 Å². The molecule has 0 saturated carbocycles. The Morgan fingerprint density at radius 3 is 1.89 bits per heavy atom. The number of ether oxygens (including phenoxy) is 3. The SMILES string of the molecule is CCCCCCCCCOc1ccc(C(=O)Oc2ccc(C(=O)Oc3ccc(C#N)cc3)cc2)cc1Br. The molecule has 0 amide bonds. The zero-order chi connectivity index (χ0) is 26.5. The van der Waals surface area contributed by atoms with E-state index in [2.05, 4.69) is 22.9 Å². The van der Waals surface area contributed by atoms with Crippen molar-refractivity contribution >= 4 is 27.9 Å². The van der Waals surface area contributed by atoms with Gasteiger partial charge < -0.3 is 14.2 Å². The van der Waals surface area contributed by atoms with Gasteiger partial charge in [-0.05, 0) is 89.1 Å². The van der Waals surface area contributed by atoms with Crippen molar-refractivity contribution in [1.29, 1.82) is 5.26 Å². The van der Waals surface area contributed by atoms with Crippen LogP contribution in [0.5, 0.6) is 17.2 Å². The largest absolute Gasteiger partial charge is 0.492 e. The molecule has 0 bridgehead atoms. The molecule has 0 radical (unpaired) electrons. The van der Waals surface area contributed by atoms with E-state index in [4.69, 9.17) is 19.5 Å². The van der Waals surface area contributed by atoms with Gasteiger partial charge in [0.15, 0.2) is 0 Å². The van der Waals surface area contributed by atoms with Crippen molar-refractivity contribution in [3.8, 4) is 23.3 Å². The van der Waals surface area contributed by atoms with Crippen LogP contribution in [0.1, 0.15) is 78.1 Å². The fourth-order valence-electron chi connectivity index (χ4n) is 3.57. The first kappa shape index (κ1) is 27.9. The highest BCUT2D eigenvalue weighted by Gasteiger charge is 2.14. The fourth-order valence-corrected chi connectivity index (χ4v) is 4.07. The molecule has 3 aromatic rings. The Morgan fingerprint density at radius 2 is 1.30 bits per heavy atom. The number of hydrogen-bond donors (Lipinski definition) is 0. The Kier molecular flexibility index (Phi) is 11.2. The molecule has 0 aliphatic carbocycles. The summed E-state index contributed by atoms with van der Waals surface area (Å²) >= 11 is 3.47. The Hall–Kier alpha value is -3.63. The van der Waals surface area contributed by atoms with E-state index >= 15 is 0 Å². The lowest BCUT2D eigenvalue weighted by Crippen LogP contribution is -2.10. The lowest BCUT2D eigenvalue weighted by Gasteiger charge is -2.10. The lowest BCUT2D eigenvalue weighted by molar-refractivity contribution is 0.0730. The highest BCUT2D eigenvalue weighted by atomic mass is 79.9. The number of benzene rings is 3. The van der Waals surface area contributed by atoms with Gasteiger partial charge in [-0.25, -0.2) is 9.59 Å². The predicted octanol–water partition coefficient (Wildman–Crippen LogP) is 7.89. The Labute approximate surface area is 226 Å². The second-order valence-electron chi connectivity index (χ2n) is 8.55. The molecule has 3 aromatic carbocycles. The molecule has 0 heterocycles. The lowest BCUT2D eigenvalue weighted by atomic mass is 10.1. The topological polar surface area (TPSA) is 85.6 Å². The Balaban J connectivity index is 1.47. The summed E-state index contributed by atoms with van der Waals surface area (Å²) in [5.41, 5.74) is 1.15. The van der Waals surface area contributed by atoms with Crippen molar-refractivity contribution in [3.63, 3.8) is 0 Å². The van der Waals surface area contributed by atoms with E-state index in [1.165, 1.54) is 56.4 Å². The van der Waals surface area contributed by atoms with Crippen molar-refractivity contribution in [3.05, 3.63) is 87.9 Å². The number of halogens is 1. The molecule has 0 aliphatic heterocycles. The summed E-state index contributed by atoms with van der Waals surface area (Å²) in [4.78, 5) is 24.9. The number of carbonyl (C=O) groups excluding carboxylic acids is 2. The van der Waals surface area contributed by atoms with Gasteiger partial charge in [-0.2, -0.15) is 5.26 Å². The fraction of sp³-hybridized carbons (Fsp3) is 0.300. The summed E-state index contributed by atoms with van der Waals surface area (Å²) in [6.07, 6.45) is 8.52. The molecular weight excluding hydrogens is 534 g/mol. The minimum Gasteiger partial charge on any atom is -0.492 e. The van der Waals surface area contributed by atoms with Gasteiger partial charge in [-0.1, -0.05) is 45.4 Å². The average Bonchev–Trinajstić information content (AvgIpc) is 2.91. The van der Waals surface area contributed by atoms with Gasteiger partial charge in [0, 0.05) is 0 Å². The second kappa shape index (κ2) is 14.8. The van der Waals surface area contributed by atoms with Crippen LogP contribution in [0.3, 0.4) is 0 Å². The summed E-state index contributed by atoms with van der Waals surface area (Å²) in [6, 6.07) is 19.4. The summed E-state index contributed by atoms with van der Waals surface area (Å²) in [5.74, 6) is 0.244. The maximum Gasteiger partial charge on any atom is 0.343 e. The van der Waals surface area contributed by atoms with Crippen molar-refractivity contribution < 1.29 is 23.8 Å². The Bertz CT molecular complexity index is 1220. The molecule has 0 fully saturated rings. The summed E-state index contributed by atoms with van der Waals surface area (Å²) < 4.78 is 17.3. The first-order valence-electron chi connectivity index (χ1n) is 12.5. The van der Waals surface area contributed by atoms with Crippen LogP contribution in [-0.4, -0.2) is 18.5 Å². The monoisotopic (exact) mass is 563 g/mol. The number of esters is 2. The smallest absolute Gasteiger partial charge is 0.343 e. The minimum atomic E-state index is -0.557. The van der Waals surface area contributed by atoms with Crippen LogP contribution in [0.15, 0.2) is 71.2 Å². The van der Waals surface area contributed by atoms with E-state index in [0.29, 0.717) is 45.0 Å². The third-order valence-electron chi connectivity index (χ3n) is 5.67. The summed E-state index contributed by atoms with van der Waals surface area (Å²) in [6.45, 7) is 2.85. The number of carbonyl (C=O) groups is 2. The number of rotatable bonds is 13. The third-order valence-corrected chi connectivity index (χ3v) is 6.29. The molecule has 0 saturated heterocycles. The van der Waals surface area contributed by atoms with Gasteiger partial charge in [0.25, 0.3) is 0 Å². The van der Waals surface area contributed by atoms with E-state index in [0.717, 1.165) is 12.8 Å². The normalized spacial score (nSPS) is 10.4. The minimum absolute atomic E-state index is 0.300. The zero-order valence-corrected chi connectivity index (χ0v) is 22.5. The van der Waals surface area contributed by atoms with Crippen LogP contribution >= 0.6 is 15.9 Å². The number of unbranched alkanes of at least 4 members (excludes halogenated alkanes) is 6. The predicted molar refractivity (Wildman–Crippen MR) is 145 cm³/mol. The number of nitriles is 1. The van der Waals surface area contributed by atoms with Crippen LogP contribution < -0.4 is 14.2 Å². The average molecular weight is 564 g/mol. The standard InChI is InChI=1S/C30H30BrNO5/c1-2-3-4-5-6-7-8-19-35-28-18-13-24(20-27(28)31)30(34)37-26-16-11-23(12-17-26)29(33)36-25-14-9-22(21-32)10-15-25/h9-18,20H,2-8,19H2,1H3. The highest BCUT2D eigenvalue weighted by molar-refractivity contribution is 9.10. The first-order chi connectivity index (χ1) is 18.0. The second-order valence-corrected chi connectivity index (χ2v) is 9.41. The van der Waals surface area contributed by atoms with E-state index in [9.17, 15) is 9.59 Å². The molecule has 0 spiro atoms. The molecule has 0 aliphatic rings. The molecule has 0 unspecified atom stereocenters. The van der Waals surface area contributed by atoms with Gasteiger partial charge in [0.1, 0.15) is 17.2 Å². The molecule has 0 aromatic heterocycles. The highest BCUT2D eigenvalue weighted by Crippen LogP contribution is 2.27. The summed E-state index contributed by atoms with van der Waals surface area (Å²) in [7, 11) is 0. The maximum atomic E-state index is 12.6. The van der Waals surface area contributed by atoms with Gasteiger partial charge in [-0.15, -0.1) is 0 Å². The van der Waals surface area contributed by atoms with E-state index < -0.39 is 11.9 Å². The van der Waals surface area contributed by atoms with Crippen molar-refractivity contribution in [2.45, 2.75) is 51.9 Å². The number of hydrogen-bond acceptors (Lipinski definition) is 6. The quantitative estimate of drug-likeness (QED) is 0.119. The van der Waals surface area contributed by atoms with E-state index in [1.54, 1.807) is 42.5 Å². The molecule has 6 nitrogen and oxygen atoms in total. The molecule has 0 atom stereocenters. The van der Waals surface area contributed by atoms with Crippen LogP contribution in [0.2, 0.25) is 0 Å². The first-order valence-corrected chi connectivity index (χ1v) is 13.3. The summed E-state index contributed by atoms with van der Waals surface area (Å²) in [5, 5.41) is 8.85. The van der Waals surface area contributed by atoms with Gasteiger partial charge in [0.2, 0.25) is 0 Å². The van der Waals surface area contributed by atoms with Crippen LogP contribution in [0.25, 0.3) is 0 Å². The van der Waals surface area contributed by atoms with E-state index in [1.807, 2.05) is 6.07 Å². The Morgan fingerprint density at radius 1 is 0.757 bits per heavy atom. The maximum absolute atomic E-state index is 12.6. The third kappa shape index (κ3) is 9.07. The van der Waals surface area contributed by atoms with Gasteiger partial charge in [0.05, 0.1) is 33.8 Å². The van der Waals surface area contributed by atoms with Crippen LogP contribution in [0.4, 0.5) is 0 Å². The molecule has 0 N–H and O–H groups in total. The van der Waals surface area contributed by atoms with Crippen molar-refractivity contribution in [1.82, 2.24) is 0 Å². The zero-order valence-electron chi connectivity index (χ0n) is 20.9. The molecule has 7 heteroatoms. The van der Waals surface area contributed by atoms with Gasteiger partial charge in [-0.3, -0.25) is 0 Å².